The van der Waals surface area contributed by atoms with E-state index in [4.69, 9.17) is 0 Å². The van der Waals surface area contributed by atoms with Crippen molar-refractivity contribution in [3.63, 3.8) is 0 Å². The molecule has 0 aliphatic carbocycles. The molecular weight excluding hydrogens is 215 g/mol. The van der Waals surface area contributed by atoms with Crippen LogP contribution in [0, 0.1) is 0 Å². The lowest BCUT2D eigenvalue weighted by Crippen LogP contribution is -1.96. The molecule has 16 heavy (non-hydrogen) atoms. The minimum Gasteiger partial charge on any atom is -0.0681 e. The van der Waals surface area contributed by atoms with Crippen molar-refractivity contribution in [3.8, 4) is 0 Å². The zero-order valence-electron chi connectivity index (χ0n) is 10.2. The lowest BCUT2D eigenvalue weighted by molar-refractivity contribution is 0.586. The van der Waals surface area contributed by atoms with E-state index in [9.17, 15) is 4.57 Å². The van der Waals surface area contributed by atoms with E-state index in [-0.39, 0.29) is 0 Å². The molecule has 1 nitrogen and oxygen atoms in total. The summed E-state index contributed by atoms with van der Waals surface area (Å²) in [7, 11) is -1.15. The maximum absolute atomic E-state index is 11.9. The van der Waals surface area contributed by atoms with Gasteiger partial charge in [-0.3, -0.25) is 0 Å². The molecule has 0 saturated heterocycles. The molecule has 1 atom stereocenters. The Labute approximate surface area is 100 Å². The molecule has 0 aliphatic rings. The van der Waals surface area contributed by atoms with Crippen molar-refractivity contribution in [3.05, 3.63) is 30.3 Å². The average molecular weight is 237 g/mol. The predicted molar refractivity (Wildman–Crippen MR) is 71.9 cm³/mol. The normalized spacial score (nSPS) is 11.4. The monoisotopic (exact) mass is 237 g/mol. The van der Waals surface area contributed by atoms with Gasteiger partial charge in [-0.2, -0.15) is 0 Å². The molecule has 0 bridgehead atoms. The highest BCUT2D eigenvalue weighted by Gasteiger charge is 2.17. The summed E-state index contributed by atoms with van der Waals surface area (Å²) in [5, 5.41) is 1.01. The molecule has 0 heterocycles. The van der Waals surface area contributed by atoms with Gasteiger partial charge in [0, 0.05) is 0 Å². The highest BCUT2D eigenvalue weighted by Crippen LogP contribution is 2.22. The van der Waals surface area contributed by atoms with Crippen molar-refractivity contribution in [2.45, 2.75) is 45.4 Å². The van der Waals surface area contributed by atoms with Gasteiger partial charge in [0.1, 0.15) is 0 Å². The highest BCUT2D eigenvalue weighted by atomic mass is 31.1. The van der Waals surface area contributed by atoms with Gasteiger partial charge in [0.25, 0.3) is 0 Å². The SMILES string of the molecule is CCCCCCCC[P+](=O)c1ccccc1. The summed E-state index contributed by atoms with van der Waals surface area (Å²) in [5.74, 6) is 0. The Hall–Kier alpha value is -0.680. The molecule has 0 amide bonds. The fourth-order valence-corrected chi connectivity index (χ4v) is 3.03. The summed E-state index contributed by atoms with van der Waals surface area (Å²) < 4.78 is 11.9. The second kappa shape index (κ2) is 8.47. The van der Waals surface area contributed by atoms with Crippen LogP contribution >= 0.6 is 7.80 Å². The first-order valence-corrected chi connectivity index (χ1v) is 7.79. The second-order valence-electron chi connectivity index (χ2n) is 4.21. The van der Waals surface area contributed by atoms with E-state index in [0.29, 0.717) is 0 Å². The van der Waals surface area contributed by atoms with Gasteiger partial charge in [-0.25, -0.2) is 0 Å². The molecule has 1 aromatic rings. The van der Waals surface area contributed by atoms with Gasteiger partial charge in [-0.1, -0.05) is 55.4 Å². The highest BCUT2D eigenvalue weighted by molar-refractivity contribution is 7.53. The lowest BCUT2D eigenvalue weighted by Gasteiger charge is -1.95. The Morgan fingerprint density at radius 3 is 2.25 bits per heavy atom. The van der Waals surface area contributed by atoms with Crippen molar-refractivity contribution in [2.75, 3.05) is 6.16 Å². The number of hydrogen-bond acceptors (Lipinski definition) is 1. The molecular formula is C14H22OP+. The van der Waals surface area contributed by atoms with Crippen molar-refractivity contribution in [1.82, 2.24) is 0 Å². The van der Waals surface area contributed by atoms with Gasteiger partial charge in [0.05, 0.1) is 0 Å². The predicted octanol–water partition coefficient (Wildman–Crippen LogP) is 4.50. The third-order valence-electron chi connectivity index (χ3n) is 2.76. The van der Waals surface area contributed by atoms with Crippen molar-refractivity contribution in [1.29, 1.82) is 0 Å². The molecule has 88 valence electrons. The zero-order chi connectivity index (χ0) is 11.6. The van der Waals surface area contributed by atoms with E-state index < -0.39 is 7.80 Å². The molecule has 0 radical (unpaired) electrons. The molecule has 0 aliphatic heterocycles. The smallest absolute Gasteiger partial charge is 0.0681 e. The Bertz CT molecular complexity index is 295. The van der Waals surface area contributed by atoms with Crippen LogP contribution in [-0.2, 0) is 4.57 Å². The topological polar surface area (TPSA) is 17.1 Å². The third kappa shape index (κ3) is 5.42. The van der Waals surface area contributed by atoms with Crippen LogP contribution in [0.25, 0.3) is 0 Å². The van der Waals surface area contributed by atoms with E-state index in [0.717, 1.165) is 17.9 Å². The Kier molecular flexibility index (Phi) is 7.09. The van der Waals surface area contributed by atoms with Crippen molar-refractivity contribution < 1.29 is 4.57 Å². The molecule has 0 saturated carbocycles. The molecule has 1 aromatic carbocycles. The first-order valence-electron chi connectivity index (χ1n) is 6.34. The van der Waals surface area contributed by atoms with Crippen LogP contribution < -0.4 is 5.30 Å². The number of rotatable bonds is 8. The molecule has 0 aromatic heterocycles. The fourth-order valence-electron chi connectivity index (χ4n) is 1.76. The Balaban J connectivity index is 2.12. The number of hydrogen-bond donors (Lipinski definition) is 0. The summed E-state index contributed by atoms with van der Waals surface area (Å²) in [5.41, 5.74) is 0. The standard InChI is InChI=1S/C14H22OP/c1-2-3-4-5-6-10-13-16(15)14-11-8-7-9-12-14/h7-9,11-12H,2-6,10,13H2,1H3/q+1. The maximum Gasteiger partial charge on any atom is 0.376 e. The van der Waals surface area contributed by atoms with Crippen LogP contribution in [-0.4, -0.2) is 6.16 Å². The molecule has 1 unspecified atom stereocenters. The zero-order valence-corrected chi connectivity index (χ0v) is 11.1. The minimum atomic E-state index is -1.15. The average Bonchev–Trinajstić information content (AvgIpc) is 2.34. The van der Waals surface area contributed by atoms with E-state index in [1.165, 1.54) is 32.1 Å². The maximum atomic E-state index is 11.9. The second-order valence-corrected chi connectivity index (χ2v) is 5.93. The van der Waals surface area contributed by atoms with Gasteiger partial charge < -0.3 is 0 Å². The fraction of sp³-hybridized carbons (Fsp3) is 0.571. The Morgan fingerprint density at radius 2 is 1.56 bits per heavy atom. The summed E-state index contributed by atoms with van der Waals surface area (Å²) >= 11 is 0. The van der Waals surface area contributed by atoms with Crippen LogP contribution in [0.2, 0.25) is 0 Å². The molecule has 0 N–H and O–H groups in total. The molecule has 0 fully saturated rings. The molecule has 0 spiro atoms. The number of unbranched alkanes of at least 4 members (excludes halogenated alkanes) is 5. The summed E-state index contributed by atoms with van der Waals surface area (Å²) in [6.07, 6.45) is 8.45. The van der Waals surface area contributed by atoms with Crippen LogP contribution in [0.1, 0.15) is 45.4 Å². The van der Waals surface area contributed by atoms with Crippen molar-refractivity contribution >= 4 is 13.1 Å². The van der Waals surface area contributed by atoms with E-state index in [1.54, 1.807) is 0 Å². The largest absolute Gasteiger partial charge is 0.376 e. The van der Waals surface area contributed by atoms with Gasteiger partial charge in [-0.05, 0) is 25.0 Å². The van der Waals surface area contributed by atoms with Crippen LogP contribution in [0.15, 0.2) is 30.3 Å². The van der Waals surface area contributed by atoms with Gasteiger partial charge in [0.2, 0.25) is 0 Å². The summed E-state index contributed by atoms with van der Waals surface area (Å²) in [4.78, 5) is 0. The number of benzene rings is 1. The quantitative estimate of drug-likeness (QED) is 0.480. The first-order chi connectivity index (χ1) is 7.84. The van der Waals surface area contributed by atoms with Crippen molar-refractivity contribution in [2.24, 2.45) is 0 Å². The van der Waals surface area contributed by atoms with Gasteiger partial charge >= 0.3 is 7.80 Å². The van der Waals surface area contributed by atoms with Crippen LogP contribution in [0.5, 0.6) is 0 Å². The molecule has 1 rings (SSSR count). The lowest BCUT2D eigenvalue weighted by atomic mass is 10.1. The van der Waals surface area contributed by atoms with Gasteiger partial charge in [0.15, 0.2) is 11.5 Å². The first kappa shape index (κ1) is 13.4. The van der Waals surface area contributed by atoms with E-state index in [2.05, 4.69) is 6.92 Å². The van der Waals surface area contributed by atoms with Gasteiger partial charge in [-0.15, -0.1) is 0 Å². The minimum absolute atomic E-state index is 0.853. The summed E-state index contributed by atoms with van der Waals surface area (Å²) in [6, 6.07) is 9.83. The molecule has 2 heteroatoms. The third-order valence-corrected chi connectivity index (χ3v) is 4.36. The van der Waals surface area contributed by atoms with Crippen LogP contribution in [0.4, 0.5) is 0 Å². The van der Waals surface area contributed by atoms with Crippen LogP contribution in [0.3, 0.4) is 0 Å². The van der Waals surface area contributed by atoms with E-state index >= 15 is 0 Å². The summed E-state index contributed by atoms with van der Waals surface area (Å²) in [6.45, 7) is 2.23. The van der Waals surface area contributed by atoms with E-state index in [1.807, 2.05) is 30.3 Å². The Morgan fingerprint density at radius 1 is 0.938 bits per heavy atom.